The van der Waals surface area contributed by atoms with Crippen molar-refractivity contribution in [3.8, 4) is 5.75 Å². The van der Waals surface area contributed by atoms with E-state index in [1.165, 1.54) is 16.2 Å². The van der Waals surface area contributed by atoms with Gasteiger partial charge >= 0.3 is 5.97 Å². The van der Waals surface area contributed by atoms with Gasteiger partial charge < -0.3 is 14.8 Å². The van der Waals surface area contributed by atoms with E-state index in [0.717, 1.165) is 43.4 Å². The fraction of sp³-hybridized carbons (Fsp3) is 0.455. The van der Waals surface area contributed by atoms with Gasteiger partial charge in [-0.1, -0.05) is 6.42 Å². The van der Waals surface area contributed by atoms with E-state index in [1.54, 1.807) is 24.3 Å². The summed E-state index contributed by atoms with van der Waals surface area (Å²) in [5, 5.41) is 3.54. The molecule has 6 heteroatoms. The third kappa shape index (κ3) is 4.73. The Morgan fingerprint density at radius 2 is 1.82 bits per heavy atom. The molecule has 0 saturated heterocycles. The molecule has 2 aromatic rings. The minimum atomic E-state index is -0.351. The van der Waals surface area contributed by atoms with Crippen LogP contribution in [0.5, 0.6) is 5.75 Å². The fourth-order valence-corrected chi connectivity index (χ4v) is 4.64. The predicted molar refractivity (Wildman–Crippen MR) is 112 cm³/mol. The van der Waals surface area contributed by atoms with Gasteiger partial charge in [-0.15, -0.1) is 11.3 Å². The number of rotatable bonds is 6. The third-order valence-electron chi connectivity index (χ3n) is 4.62. The summed E-state index contributed by atoms with van der Waals surface area (Å²) in [6.45, 7) is 6.16. The van der Waals surface area contributed by atoms with Crippen LogP contribution in [-0.4, -0.2) is 24.6 Å². The van der Waals surface area contributed by atoms with Gasteiger partial charge in [-0.2, -0.15) is 0 Å². The number of aryl methyl sites for hydroxylation is 1. The van der Waals surface area contributed by atoms with Crippen LogP contribution < -0.4 is 10.1 Å². The van der Waals surface area contributed by atoms with E-state index in [1.807, 2.05) is 20.8 Å². The summed E-state index contributed by atoms with van der Waals surface area (Å²) in [6, 6.07) is 7.00. The van der Waals surface area contributed by atoms with Crippen molar-refractivity contribution in [2.24, 2.45) is 0 Å². The van der Waals surface area contributed by atoms with E-state index >= 15 is 0 Å². The zero-order chi connectivity index (χ0) is 20.1. The van der Waals surface area contributed by atoms with E-state index < -0.39 is 0 Å². The molecule has 3 rings (SSSR count). The highest BCUT2D eigenvalue weighted by atomic mass is 32.1. The number of amides is 1. The van der Waals surface area contributed by atoms with Crippen molar-refractivity contribution in [3.05, 3.63) is 45.8 Å². The normalized spacial score (nSPS) is 13.6. The van der Waals surface area contributed by atoms with Crippen LogP contribution in [0.25, 0.3) is 0 Å². The Kier molecular flexibility index (Phi) is 6.73. The number of hydrogen-bond donors (Lipinski definition) is 1. The Morgan fingerprint density at radius 3 is 2.50 bits per heavy atom. The van der Waals surface area contributed by atoms with Crippen LogP contribution in [0.3, 0.4) is 0 Å². The van der Waals surface area contributed by atoms with Crippen molar-refractivity contribution < 1.29 is 19.1 Å². The fourth-order valence-electron chi connectivity index (χ4n) is 3.36. The average molecular weight is 402 g/mol. The molecule has 5 nitrogen and oxygen atoms in total. The number of nitrogens with one attached hydrogen (secondary N) is 1. The average Bonchev–Trinajstić information content (AvgIpc) is 2.82. The van der Waals surface area contributed by atoms with Crippen LogP contribution in [0.15, 0.2) is 24.3 Å². The van der Waals surface area contributed by atoms with Gasteiger partial charge in [0.2, 0.25) is 0 Å². The van der Waals surface area contributed by atoms with Crippen molar-refractivity contribution >= 4 is 28.2 Å². The summed E-state index contributed by atoms with van der Waals surface area (Å²) >= 11 is 1.51. The molecule has 0 atom stereocenters. The van der Waals surface area contributed by atoms with E-state index in [9.17, 15) is 9.59 Å². The van der Waals surface area contributed by atoms with Crippen LogP contribution in [0.1, 0.15) is 71.2 Å². The maximum Gasteiger partial charge on any atom is 0.341 e. The van der Waals surface area contributed by atoms with Crippen LogP contribution in [-0.2, 0) is 17.6 Å². The van der Waals surface area contributed by atoms with Gasteiger partial charge in [0.15, 0.2) is 0 Å². The lowest BCUT2D eigenvalue weighted by atomic mass is 10.1. The first-order valence-electron chi connectivity index (χ1n) is 9.89. The van der Waals surface area contributed by atoms with Crippen LogP contribution in [0.4, 0.5) is 5.00 Å². The summed E-state index contributed by atoms with van der Waals surface area (Å²) in [5.74, 6) is 0.137. The minimum Gasteiger partial charge on any atom is -0.494 e. The van der Waals surface area contributed by atoms with E-state index in [0.29, 0.717) is 22.7 Å². The van der Waals surface area contributed by atoms with Gasteiger partial charge in [0, 0.05) is 10.4 Å². The molecule has 1 aliphatic carbocycles. The monoisotopic (exact) mass is 401 g/mol. The smallest absolute Gasteiger partial charge is 0.341 e. The molecule has 0 radical (unpaired) electrons. The molecule has 1 amide bonds. The number of carbonyl (C=O) groups is 2. The van der Waals surface area contributed by atoms with Gasteiger partial charge in [-0.05, 0) is 76.3 Å². The molecule has 0 saturated carbocycles. The maximum absolute atomic E-state index is 12.8. The van der Waals surface area contributed by atoms with Crippen molar-refractivity contribution in [1.82, 2.24) is 0 Å². The summed E-state index contributed by atoms with van der Waals surface area (Å²) < 4.78 is 10.9. The van der Waals surface area contributed by atoms with Crippen molar-refractivity contribution in [2.75, 3.05) is 11.9 Å². The lowest BCUT2D eigenvalue weighted by molar-refractivity contribution is 0.0378. The molecule has 28 heavy (non-hydrogen) atoms. The van der Waals surface area contributed by atoms with E-state index in [4.69, 9.17) is 9.47 Å². The van der Waals surface area contributed by atoms with E-state index in [-0.39, 0.29) is 18.0 Å². The molecule has 0 fully saturated rings. The maximum atomic E-state index is 12.8. The predicted octanol–water partition coefficient (Wildman–Crippen LogP) is 5.23. The van der Waals surface area contributed by atoms with E-state index in [2.05, 4.69) is 5.32 Å². The lowest BCUT2D eigenvalue weighted by Gasteiger charge is -2.11. The topological polar surface area (TPSA) is 64.6 Å². The second-order valence-corrected chi connectivity index (χ2v) is 8.24. The molecule has 1 heterocycles. The quantitative estimate of drug-likeness (QED) is 0.531. The Balaban J connectivity index is 1.87. The first kappa shape index (κ1) is 20.4. The zero-order valence-electron chi connectivity index (χ0n) is 16.7. The lowest BCUT2D eigenvalue weighted by Crippen LogP contribution is -2.17. The molecule has 0 spiro atoms. The standard InChI is InChI=1S/C22H27NO4S/c1-4-26-16-12-10-15(11-13-16)20(24)23-21-19(22(25)27-14(2)3)17-8-6-5-7-9-18(17)28-21/h10-14H,4-9H2,1-3H3,(H,23,24). The number of thiophene rings is 1. The molecular formula is C22H27NO4S. The highest BCUT2D eigenvalue weighted by molar-refractivity contribution is 7.17. The van der Waals surface area contributed by atoms with Gasteiger partial charge in [-0.25, -0.2) is 4.79 Å². The Bertz CT molecular complexity index is 839. The van der Waals surface area contributed by atoms with Gasteiger partial charge in [0.25, 0.3) is 5.91 Å². The van der Waals surface area contributed by atoms with Crippen molar-refractivity contribution in [3.63, 3.8) is 0 Å². The molecule has 0 bridgehead atoms. The summed E-state index contributed by atoms with van der Waals surface area (Å²) in [6.07, 6.45) is 4.92. The highest BCUT2D eigenvalue weighted by Crippen LogP contribution is 2.38. The first-order valence-corrected chi connectivity index (χ1v) is 10.7. The summed E-state index contributed by atoms with van der Waals surface area (Å²) in [7, 11) is 0. The van der Waals surface area contributed by atoms with Crippen LogP contribution in [0, 0.1) is 0 Å². The van der Waals surface area contributed by atoms with Crippen molar-refractivity contribution in [1.29, 1.82) is 0 Å². The minimum absolute atomic E-state index is 0.205. The Hall–Kier alpha value is -2.34. The first-order chi connectivity index (χ1) is 13.5. The number of anilines is 1. The number of ether oxygens (including phenoxy) is 2. The third-order valence-corrected chi connectivity index (χ3v) is 5.83. The molecular weight excluding hydrogens is 374 g/mol. The summed E-state index contributed by atoms with van der Waals surface area (Å²) in [5.41, 5.74) is 2.11. The number of esters is 1. The second-order valence-electron chi connectivity index (χ2n) is 7.13. The van der Waals surface area contributed by atoms with Crippen molar-refractivity contribution in [2.45, 2.75) is 59.0 Å². The largest absolute Gasteiger partial charge is 0.494 e. The van der Waals surface area contributed by atoms with Crippen LogP contribution in [0.2, 0.25) is 0 Å². The molecule has 150 valence electrons. The zero-order valence-corrected chi connectivity index (χ0v) is 17.5. The molecule has 0 aliphatic heterocycles. The molecule has 1 aliphatic rings. The molecule has 1 N–H and O–H groups in total. The van der Waals surface area contributed by atoms with Gasteiger partial charge in [0.1, 0.15) is 10.8 Å². The number of hydrogen-bond acceptors (Lipinski definition) is 5. The second kappa shape index (κ2) is 9.24. The number of carbonyl (C=O) groups excluding carboxylic acids is 2. The Morgan fingerprint density at radius 1 is 1.11 bits per heavy atom. The molecule has 1 aromatic carbocycles. The molecule has 1 aromatic heterocycles. The number of benzene rings is 1. The molecule has 0 unspecified atom stereocenters. The number of fused-ring (bicyclic) bond motifs is 1. The SMILES string of the molecule is CCOc1ccc(C(=O)Nc2sc3c(c2C(=O)OC(C)C)CCCCC3)cc1. The highest BCUT2D eigenvalue weighted by Gasteiger charge is 2.27. The summed E-state index contributed by atoms with van der Waals surface area (Å²) in [4.78, 5) is 26.7. The van der Waals surface area contributed by atoms with Gasteiger partial charge in [-0.3, -0.25) is 4.79 Å². The van der Waals surface area contributed by atoms with Gasteiger partial charge in [0.05, 0.1) is 18.3 Å². The van der Waals surface area contributed by atoms with Crippen LogP contribution >= 0.6 is 11.3 Å². The Labute approximate surface area is 170 Å².